The molecule has 2 aromatic heterocycles. The Kier molecular flexibility index (Phi) is 3.94. The predicted octanol–water partition coefficient (Wildman–Crippen LogP) is 3.59. The third-order valence-corrected chi connectivity index (χ3v) is 5.14. The molecule has 7 heteroatoms. The number of fused-ring (bicyclic) bond motifs is 2. The van der Waals surface area contributed by atoms with E-state index in [9.17, 15) is 4.79 Å². The summed E-state index contributed by atoms with van der Waals surface area (Å²) in [6.07, 6.45) is 5.64. The number of methoxy groups -OCH3 is 1. The molecular weight excluding hydrogens is 366 g/mol. The number of hydrogen-bond acceptors (Lipinski definition) is 4. The summed E-state index contributed by atoms with van der Waals surface area (Å²) >= 11 is 0. The Morgan fingerprint density at radius 3 is 2.93 bits per heavy atom. The Morgan fingerprint density at radius 1 is 1.24 bits per heavy atom. The summed E-state index contributed by atoms with van der Waals surface area (Å²) in [5, 5.41) is 8.11. The van der Waals surface area contributed by atoms with Gasteiger partial charge in [-0.15, -0.1) is 0 Å². The van der Waals surface area contributed by atoms with E-state index >= 15 is 0 Å². The normalized spacial score (nSPS) is 12.7. The number of aryl methyl sites for hydroxylation is 1. The summed E-state index contributed by atoms with van der Waals surface area (Å²) in [5.41, 5.74) is 5.43. The number of amidine groups is 1. The van der Waals surface area contributed by atoms with Gasteiger partial charge in [-0.3, -0.25) is 9.48 Å². The van der Waals surface area contributed by atoms with Crippen LogP contribution in [0.1, 0.15) is 15.9 Å². The highest BCUT2D eigenvalue weighted by molar-refractivity contribution is 6.10. The lowest BCUT2D eigenvalue weighted by atomic mass is 9.98. The number of aromatic amines is 1. The summed E-state index contributed by atoms with van der Waals surface area (Å²) in [4.78, 5) is 20.5. The molecule has 7 nitrogen and oxygen atoms in total. The van der Waals surface area contributed by atoms with Gasteiger partial charge in [0.25, 0.3) is 5.91 Å². The van der Waals surface area contributed by atoms with Crippen molar-refractivity contribution in [3.8, 4) is 16.9 Å². The maximum absolute atomic E-state index is 12.5. The van der Waals surface area contributed by atoms with Crippen molar-refractivity contribution in [2.45, 2.75) is 6.42 Å². The second kappa shape index (κ2) is 6.63. The molecule has 1 aliphatic rings. The fourth-order valence-electron chi connectivity index (χ4n) is 3.71. The SMILES string of the molecule is COc1ccc(-c2ccc3cc[nH]c3c2)c2c1CC(NC(=O)c1cnn(C)c1)=N2. The fraction of sp³-hybridized carbons (Fsp3) is 0.136. The number of nitrogens with one attached hydrogen (secondary N) is 2. The van der Waals surface area contributed by atoms with Crippen LogP contribution in [0, 0.1) is 0 Å². The zero-order valence-electron chi connectivity index (χ0n) is 16.1. The fourth-order valence-corrected chi connectivity index (χ4v) is 3.71. The van der Waals surface area contributed by atoms with Gasteiger partial charge in [-0.1, -0.05) is 12.1 Å². The molecule has 1 amide bonds. The highest BCUT2D eigenvalue weighted by atomic mass is 16.5. The van der Waals surface area contributed by atoms with Gasteiger partial charge in [-0.05, 0) is 35.2 Å². The van der Waals surface area contributed by atoms with Gasteiger partial charge in [0.2, 0.25) is 0 Å². The van der Waals surface area contributed by atoms with Crippen LogP contribution in [0.4, 0.5) is 5.69 Å². The van der Waals surface area contributed by atoms with Crippen molar-refractivity contribution >= 4 is 28.3 Å². The lowest BCUT2D eigenvalue weighted by Gasteiger charge is -2.11. The Morgan fingerprint density at radius 2 is 2.14 bits per heavy atom. The minimum Gasteiger partial charge on any atom is -0.496 e. The zero-order valence-corrected chi connectivity index (χ0v) is 16.1. The van der Waals surface area contributed by atoms with Crippen molar-refractivity contribution in [3.63, 3.8) is 0 Å². The first-order valence-corrected chi connectivity index (χ1v) is 9.27. The van der Waals surface area contributed by atoms with E-state index in [0.29, 0.717) is 17.8 Å². The van der Waals surface area contributed by atoms with Crippen LogP contribution in [0.5, 0.6) is 5.75 Å². The summed E-state index contributed by atoms with van der Waals surface area (Å²) < 4.78 is 7.14. The lowest BCUT2D eigenvalue weighted by Crippen LogP contribution is -2.30. The van der Waals surface area contributed by atoms with Crippen molar-refractivity contribution in [2.75, 3.05) is 7.11 Å². The molecule has 0 saturated carbocycles. The minimum atomic E-state index is -0.224. The van der Waals surface area contributed by atoms with E-state index in [1.165, 1.54) is 6.20 Å². The summed E-state index contributed by atoms with van der Waals surface area (Å²) in [6, 6.07) is 12.3. The molecule has 0 radical (unpaired) electrons. The van der Waals surface area contributed by atoms with Gasteiger partial charge in [0, 0.05) is 42.5 Å². The molecule has 0 unspecified atom stereocenters. The van der Waals surface area contributed by atoms with Crippen LogP contribution in [0.25, 0.3) is 22.0 Å². The lowest BCUT2D eigenvalue weighted by molar-refractivity contribution is 0.0976. The molecule has 0 spiro atoms. The minimum absolute atomic E-state index is 0.224. The molecule has 1 aliphatic heterocycles. The van der Waals surface area contributed by atoms with E-state index in [4.69, 9.17) is 9.73 Å². The number of aliphatic imine (C=N–C) groups is 1. The number of carbonyl (C=O) groups is 1. The van der Waals surface area contributed by atoms with Crippen LogP contribution in [0.15, 0.2) is 60.0 Å². The second-order valence-electron chi connectivity index (χ2n) is 7.01. The third kappa shape index (κ3) is 2.97. The van der Waals surface area contributed by atoms with Crippen LogP contribution in [0.2, 0.25) is 0 Å². The molecule has 29 heavy (non-hydrogen) atoms. The van der Waals surface area contributed by atoms with E-state index in [1.54, 1.807) is 25.0 Å². The van der Waals surface area contributed by atoms with E-state index in [0.717, 1.165) is 39.0 Å². The Hall–Kier alpha value is -3.87. The van der Waals surface area contributed by atoms with Gasteiger partial charge in [0.1, 0.15) is 11.6 Å². The number of amides is 1. The molecule has 5 rings (SSSR count). The van der Waals surface area contributed by atoms with Crippen molar-refractivity contribution in [1.82, 2.24) is 20.1 Å². The maximum Gasteiger partial charge on any atom is 0.259 e. The number of ether oxygens (including phenoxy) is 1. The first-order valence-electron chi connectivity index (χ1n) is 9.27. The van der Waals surface area contributed by atoms with Crippen LogP contribution in [-0.2, 0) is 13.5 Å². The Bertz CT molecular complexity index is 1280. The molecule has 0 aliphatic carbocycles. The summed E-state index contributed by atoms with van der Waals surface area (Å²) in [5.74, 6) is 1.14. The number of hydrogen-bond donors (Lipinski definition) is 2. The molecule has 144 valence electrons. The first kappa shape index (κ1) is 17.2. The van der Waals surface area contributed by atoms with Gasteiger partial charge in [-0.2, -0.15) is 5.10 Å². The van der Waals surface area contributed by atoms with Crippen LogP contribution >= 0.6 is 0 Å². The summed E-state index contributed by atoms with van der Waals surface area (Å²) in [7, 11) is 3.42. The molecular formula is C22H19N5O2. The third-order valence-electron chi connectivity index (χ3n) is 5.14. The second-order valence-corrected chi connectivity index (χ2v) is 7.01. The highest BCUT2D eigenvalue weighted by Crippen LogP contribution is 2.42. The number of rotatable bonds is 3. The van der Waals surface area contributed by atoms with Crippen LogP contribution in [-0.4, -0.2) is 33.6 Å². The Labute approximate surface area is 167 Å². The zero-order chi connectivity index (χ0) is 20.0. The molecule has 3 heterocycles. The Balaban J connectivity index is 1.53. The number of aromatic nitrogens is 3. The van der Waals surface area contributed by atoms with Crippen molar-refractivity contribution in [2.24, 2.45) is 12.0 Å². The largest absolute Gasteiger partial charge is 0.496 e. The van der Waals surface area contributed by atoms with Gasteiger partial charge < -0.3 is 15.0 Å². The van der Waals surface area contributed by atoms with E-state index < -0.39 is 0 Å². The molecule has 0 saturated heterocycles. The maximum atomic E-state index is 12.5. The van der Waals surface area contributed by atoms with Gasteiger partial charge >= 0.3 is 0 Å². The van der Waals surface area contributed by atoms with Gasteiger partial charge in [0.15, 0.2) is 0 Å². The monoisotopic (exact) mass is 385 g/mol. The van der Waals surface area contributed by atoms with Crippen LogP contribution in [0.3, 0.4) is 0 Å². The smallest absolute Gasteiger partial charge is 0.259 e. The first-order chi connectivity index (χ1) is 14.1. The topological polar surface area (TPSA) is 84.3 Å². The quantitative estimate of drug-likeness (QED) is 0.565. The number of nitrogens with zero attached hydrogens (tertiary/aromatic N) is 3. The number of H-pyrrole nitrogens is 1. The van der Waals surface area contributed by atoms with Crippen molar-refractivity contribution < 1.29 is 9.53 Å². The molecule has 0 bridgehead atoms. The van der Waals surface area contributed by atoms with E-state index in [2.05, 4.69) is 33.6 Å². The standard InChI is InChI=1S/C22H19N5O2/c1-27-12-15(11-24-27)22(28)26-20-10-17-19(29-2)6-5-16(21(17)25-20)14-4-3-13-7-8-23-18(13)9-14/h3-9,11-12,23H,10H2,1-2H3,(H,25,26,28). The average Bonchev–Trinajstić information content (AvgIpc) is 3.45. The van der Waals surface area contributed by atoms with E-state index in [1.807, 2.05) is 24.4 Å². The molecule has 0 fully saturated rings. The van der Waals surface area contributed by atoms with Crippen LogP contribution < -0.4 is 10.1 Å². The molecule has 2 aromatic carbocycles. The molecule has 4 aromatic rings. The molecule has 2 N–H and O–H groups in total. The van der Waals surface area contributed by atoms with Crippen molar-refractivity contribution in [1.29, 1.82) is 0 Å². The van der Waals surface area contributed by atoms with Crippen molar-refractivity contribution in [3.05, 3.63) is 66.1 Å². The van der Waals surface area contributed by atoms with E-state index in [-0.39, 0.29) is 5.91 Å². The average molecular weight is 385 g/mol. The predicted molar refractivity (Wildman–Crippen MR) is 112 cm³/mol. The number of carbonyl (C=O) groups excluding carboxylic acids is 1. The molecule has 0 atom stereocenters. The van der Waals surface area contributed by atoms with Gasteiger partial charge in [0.05, 0.1) is 24.6 Å². The highest BCUT2D eigenvalue weighted by Gasteiger charge is 2.24. The number of benzene rings is 2. The summed E-state index contributed by atoms with van der Waals surface area (Å²) in [6.45, 7) is 0. The van der Waals surface area contributed by atoms with Gasteiger partial charge in [-0.25, -0.2) is 4.99 Å².